The molecule has 0 saturated carbocycles. The summed E-state index contributed by atoms with van der Waals surface area (Å²) in [4.78, 5) is 44.7. The third-order valence-corrected chi connectivity index (χ3v) is 3.29. The Hall–Kier alpha value is -3.82. The van der Waals surface area contributed by atoms with Crippen molar-refractivity contribution in [2.24, 2.45) is 0 Å². The molecule has 0 unspecified atom stereocenters. The van der Waals surface area contributed by atoms with Gasteiger partial charge in [-0.2, -0.15) is 0 Å². The quantitative estimate of drug-likeness (QED) is 0.474. The number of esters is 1. The number of nitrogens with one attached hydrogen (secondary N) is 1. The molecule has 0 aliphatic heterocycles. The van der Waals surface area contributed by atoms with Crippen LogP contribution in [0.3, 0.4) is 0 Å². The summed E-state index contributed by atoms with van der Waals surface area (Å²) < 4.78 is 4.83. The largest absolute Gasteiger partial charge is 0.462 e. The number of hydrogen-bond donors (Lipinski definition) is 1. The lowest BCUT2D eigenvalue weighted by atomic mass is 10.1. The highest BCUT2D eigenvalue weighted by Gasteiger charge is 2.22. The Morgan fingerprint density at radius 3 is 2.08 bits per heavy atom. The van der Waals surface area contributed by atoms with Crippen LogP contribution in [0.1, 0.15) is 27.6 Å². The summed E-state index contributed by atoms with van der Waals surface area (Å²) in [7, 11) is 0. The summed E-state index contributed by atoms with van der Waals surface area (Å²) in [5, 5.41) is 24.0. The van der Waals surface area contributed by atoms with E-state index in [0.29, 0.717) is 0 Å². The van der Waals surface area contributed by atoms with Crippen molar-refractivity contribution in [3.05, 3.63) is 73.8 Å². The standard InChI is InChI=1S/C16H13N3O7/c1-2-26-16(21)14-9-12(19(24)25)7-8-13(14)15(20)17-10-3-5-11(6-4-10)18(22)23/h3-9H,2H2,1H3,(H,17,20). The fourth-order valence-corrected chi connectivity index (χ4v) is 2.09. The van der Waals surface area contributed by atoms with Crippen molar-refractivity contribution >= 4 is 28.9 Å². The number of non-ortho nitro benzene ring substituents is 2. The van der Waals surface area contributed by atoms with Gasteiger partial charge in [0.2, 0.25) is 0 Å². The smallest absolute Gasteiger partial charge is 0.339 e. The van der Waals surface area contributed by atoms with Gasteiger partial charge in [-0.15, -0.1) is 0 Å². The molecule has 0 heterocycles. The van der Waals surface area contributed by atoms with Crippen LogP contribution in [0.4, 0.5) is 17.1 Å². The summed E-state index contributed by atoms with van der Waals surface area (Å²) in [5.41, 5.74) is -0.618. The van der Waals surface area contributed by atoms with Crippen LogP contribution in [-0.4, -0.2) is 28.3 Å². The molecule has 0 fully saturated rings. The molecule has 0 radical (unpaired) electrons. The average Bonchev–Trinajstić information content (AvgIpc) is 2.61. The number of amides is 1. The minimum atomic E-state index is -0.870. The molecule has 26 heavy (non-hydrogen) atoms. The maximum Gasteiger partial charge on any atom is 0.339 e. The van der Waals surface area contributed by atoms with Gasteiger partial charge in [0.25, 0.3) is 17.3 Å². The third-order valence-electron chi connectivity index (χ3n) is 3.29. The first-order valence-corrected chi connectivity index (χ1v) is 7.35. The molecule has 1 amide bonds. The van der Waals surface area contributed by atoms with E-state index in [2.05, 4.69) is 5.32 Å². The van der Waals surface area contributed by atoms with E-state index in [4.69, 9.17) is 4.74 Å². The Balaban J connectivity index is 2.33. The van der Waals surface area contributed by atoms with Crippen LogP contribution < -0.4 is 5.32 Å². The van der Waals surface area contributed by atoms with Crippen molar-refractivity contribution in [1.82, 2.24) is 0 Å². The highest BCUT2D eigenvalue weighted by Crippen LogP contribution is 2.21. The minimum Gasteiger partial charge on any atom is -0.462 e. The molecule has 0 saturated heterocycles. The predicted molar refractivity (Wildman–Crippen MR) is 90.1 cm³/mol. The second-order valence-electron chi connectivity index (χ2n) is 4.97. The van der Waals surface area contributed by atoms with E-state index in [0.717, 1.165) is 18.2 Å². The number of carbonyl (C=O) groups excluding carboxylic acids is 2. The van der Waals surface area contributed by atoms with Gasteiger partial charge in [-0.25, -0.2) is 4.79 Å². The second kappa shape index (κ2) is 7.83. The van der Waals surface area contributed by atoms with Crippen molar-refractivity contribution in [1.29, 1.82) is 0 Å². The predicted octanol–water partition coefficient (Wildman–Crippen LogP) is 2.93. The van der Waals surface area contributed by atoms with Crippen molar-refractivity contribution in [2.75, 3.05) is 11.9 Å². The van der Waals surface area contributed by atoms with Crippen molar-refractivity contribution in [2.45, 2.75) is 6.92 Å². The Bertz CT molecular complexity index is 878. The average molecular weight is 359 g/mol. The molecule has 0 bridgehead atoms. The number of ether oxygens (including phenoxy) is 1. The SMILES string of the molecule is CCOC(=O)c1cc([N+](=O)[O-])ccc1C(=O)Nc1ccc([N+](=O)[O-])cc1. The maximum absolute atomic E-state index is 12.4. The fraction of sp³-hybridized carbons (Fsp3) is 0.125. The molecule has 2 rings (SSSR count). The van der Waals surface area contributed by atoms with Gasteiger partial charge in [0.15, 0.2) is 0 Å². The second-order valence-corrected chi connectivity index (χ2v) is 4.97. The molecule has 2 aromatic rings. The number of rotatable bonds is 6. The Morgan fingerprint density at radius 1 is 0.962 bits per heavy atom. The van der Waals surface area contributed by atoms with Gasteiger partial charge in [-0.1, -0.05) is 0 Å². The molecule has 0 atom stereocenters. The molecule has 1 N–H and O–H groups in total. The van der Waals surface area contributed by atoms with Crippen LogP contribution >= 0.6 is 0 Å². The topological polar surface area (TPSA) is 142 Å². The van der Waals surface area contributed by atoms with E-state index in [1.54, 1.807) is 6.92 Å². The molecule has 0 aliphatic rings. The van der Waals surface area contributed by atoms with E-state index in [1.807, 2.05) is 0 Å². The molecule has 0 aliphatic carbocycles. The zero-order chi connectivity index (χ0) is 19.3. The zero-order valence-corrected chi connectivity index (χ0v) is 13.5. The number of nitrogens with zero attached hydrogens (tertiary/aromatic N) is 2. The molecular formula is C16H13N3O7. The molecule has 0 aromatic heterocycles. The summed E-state index contributed by atoms with van der Waals surface area (Å²) >= 11 is 0. The maximum atomic E-state index is 12.4. The number of carbonyl (C=O) groups is 2. The monoisotopic (exact) mass is 359 g/mol. The third kappa shape index (κ3) is 4.17. The molecule has 10 heteroatoms. The van der Waals surface area contributed by atoms with E-state index in [-0.39, 0.29) is 34.8 Å². The summed E-state index contributed by atoms with van der Waals surface area (Å²) in [5.74, 6) is -1.58. The number of hydrogen-bond acceptors (Lipinski definition) is 7. The molecule has 2 aromatic carbocycles. The molecular weight excluding hydrogens is 346 g/mol. The lowest BCUT2D eigenvalue weighted by Crippen LogP contribution is -2.18. The minimum absolute atomic E-state index is 0.0327. The zero-order valence-electron chi connectivity index (χ0n) is 13.5. The van der Waals surface area contributed by atoms with E-state index < -0.39 is 21.7 Å². The van der Waals surface area contributed by atoms with Gasteiger partial charge in [0.1, 0.15) is 0 Å². The number of nitro groups is 2. The van der Waals surface area contributed by atoms with Gasteiger partial charge in [0.05, 0.1) is 27.6 Å². The van der Waals surface area contributed by atoms with Gasteiger partial charge in [-0.05, 0) is 25.1 Å². The fourth-order valence-electron chi connectivity index (χ4n) is 2.09. The van der Waals surface area contributed by atoms with Gasteiger partial charge < -0.3 is 10.1 Å². The lowest BCUT2D eigenvalue weighted by Gasteiger charge is -2.09. The highest BCUT2D eigenvalue weighted by molar-refractivity contribution is 6.11. The van der Waals surface area contributed by atoms with E-state index >= 15 is 0 Å². The van der Waals surface area contributed by atoms with Crippen LogP contribution in [-0.2, 0) is 4.74 Å². The summed E-state index contributed by atoms with van der Waals surface area (Å²) in [6, 6.07) is 8.26. The van der Waals surface area contributed by atoms with E-state index in [1.165, 1.54) is 24.3 Å². The summed E-state index contributed by atoms with van der Waals surface area (Å²) in [6.45, 7) is 1.59. The van der Waals surface area contributed by atoms with Crippen LogP contribution in [0.15, 0.2) is 42.5 Å². The first-order valence-electron chi connectivity index (χ1n) is 7.35. The van der Waals surface area contributed by atoms with Gasteiger partial charge in [-0.3, -0.25) is 25.0 Å². The van der Waals surface area contributed by atoms with E-state index in [9.17, 15) is 29.8 Å². The number of benzene rings is 2. The van der Waals surface area contributed by atoms with Crippen LogP contribution in [0.2, 0.25) is 0 Å². The van der Waals surface area contributed by atoms with Crippen molar-refractivity contribution in [3.63, 3.8) is 0 Å². The normalized spacial score (nSPS) is 10.0. The summed E-state index contributed by atoms with van der Waals surface area (Å²) in [6.07, 6.45) is 0. The molecule has 10 nitrogen and oxygen atoms in total. The number of anilines is 1. The van der Waals surface area contributed by atoms with Crippen LogP contribution in [0.25, 0.3) is 0 Å². The first-order chi connectivity index (χ1) is 12.3. The molecule has 0 spiro atoms. The lowest BCUT2D eigenvalue weighted by molar-refractivity contribution is -0.385. The van der Waals surface area contributed by atoms with Crippen molar-refractivity contribution < 1.29 is 24.2 Å². The Morgan fingerprint density at radius 2 is 1.54 bits per heavy atom. The van der Waals surface area contributed by atoms with Crippen LogP contribution in [0.5, 0.6) is 0 Å². The number of nitro benzene ring substituents is 2. The first kappa shape index (κ1) is 18.5. The molecule has 134 valence electrons. The van der Waals surface area contributed by atoms with Crippen molar-refractivity contribution in [3.8, 4) is 0 Å². The highest BCUT2D eigenvalue weighted by atomic mass is 16.6. The Kier molecular flexibility index (Phi) is 5.58. The van der Waals surface area contributed by atoms with Crippen LogP contribution in [0, 0.1) is 20.2 Å². The Labute approximate surface area is 146 Å². The van der Waals surface area contributed by atoms with Gasteiger partial charge >= 0.3 is 5.97 Å². The van der Waals surface area contributed by atoms with Gasteiger partial charge in [0, 0.05) is 30.0 Å².